The van der Waals surface area contributed by atoms with Gasteiger partial charge in [0.25, 0.3) is 0 Å². The van der Waals surface area contributed by atoms with Crippen LogP contribution in [-0.2, 0) is 9.63 Å². The van der Waals surface area contributed by atoms with Gasteiger partial charge in [-0.25, -0.2) is 0 Å². The lowest BCUT2D eigenvalue weighted by atomic mass is 10.0. The molecule has 3 rings (SSSR count). The predicted octanol–water partition coefficient (Wildman–Crippen LogP) is 1.17. The number of hydrogen-bond acceptors (Lipinski definition) is 7. The van der Waals surface area contributed by atoms with Crippen LogP contribution in [0.3, 0.4) is 0 Å². The normalized spacial score (nSPS) is 20.9. The Morgan fingerprint density at radius 3 is 2.61 bits per heavy atom. The van der Waals surface area contributed by atoms with Gasteiger partial charge in [0.2, 0.25) is 0 Å². The SMILES string of the molecule is CCN(C)N=Cc1ccc(C2=NOC(CN3CCN(CC(=O)O)CC3)C2)cc1. The zero-order chi connectivity index (χ0) is 19.9. The molecule has 1 aromatic rings. The van der Waals surface area contributed by atoms with Crippen LogP contribution in [0.2, 0.25) is 0 Å². The number of carboxylic acids is 1. The summed E-state index contributed by atoms with van der Waals surface area (Å²) in [5.74, 6) is -0.764. The molecule has 8 nitrogen and oxygen atoms in total. The van der Waals surface area contributed by atoms with E-state index in [-0.39, 0.29) is 12.6 Å². The van der Waals surface area contributed by atoms with Crippen LogP contribution >= 0.6 is 0 Å². The minimum atomic E-state index is -0.764. The third kappa shape index (κ3) is 5.77. The summed E-state index contributed by atoms with van der Waals surface area (Å²) in [6.45, 7) is 7.17. The highest BCUT2D eigenvalue weighted by atomic mass is 16.6. The van der Waals surface area contributed by atoms with Crippen LogP contribution in [0.5, 0.6) is 0 Å². The highest BCUT2D eigenvalue weighted by Crippen LogP contribution is 2.18. The molecule has 0 aliphatic carbocycles. The third-order valence-corrected chi connectivity index (χ3v) is 5.12. The van der Waals surface area contributed by atoms with Crippen molar-refractivity contribution < 1.29 is 14.7 Å². The summed E-state index contributed by atoms with van der Waals surface area (Å²) >= 11 is 0. The molecular weight excluding hydrogens is 358 g/mol. The van der Waals surface area contributed by atoms with Crippen molar-refractivity contribution in [3.8, 4) is 0 Å². The van der Waals surface area contributed by atoms with Crippen LogP contribution in [0.1, 0.15) is 24.5 Å². The number of rotatable bonds is 8. The van der Waals surface area contributed by atoms with E-state index in [1.54, 1.807) is 0 Å². The molecule has 0 bridgehead atoms. The summed E-state index contributed by atoms with van der Waals surface area (Å²) < 4.78 is 0. The summed E-state index contributed by atoms with van der Waals surface area (Å²) in [4.78, 5) is 20.7. The van der Waals surface area contributed by atoms with Gasteiger partial charge in [-0.2, -0.15) is 5.10 Å². The van der Waals surface area contributed by atoms with Gasteiger partial charge in [-0.1, -0.05) is 29.4 Å². The molecule has 152 valence electrons. The molecule has 1 unspecified atom stereocenters. The van der Waals surface area contributed by atoms with Crippen molar-refractivity contribution in [3.05, 3.63) is 35.4 Å². The molecule has 1 saturated heterocycles. The second-order valence-electron chi connectivity index (χ2n) is 7.28. The first-order valence-electron chi connectivity index (χ1n) is 9.78. The molecule has 0 amide bonds. The molecule has 0 aromatic heterocycles. The lowest BCUT2D eigenvalue weighted by Gasteiger charge is -2.34. The molecule has 1 fully saturated rings. The first-order chi connectivity index (χ1) is 13.5. The van der Waals surface area contributed by atoms with E-state index in [1.165, 1.54) is 0 Å². The highest BCUT2D eigenvalue weighted by molar-refractivity contribution is 6.01. The summed E-state index contributed by atoms with van der Waals surface area (Å²) in [6.07, 6.45) is 2.70. The van der Waals surface area contributed by atoms with E-state index in [2.05, 4.69) is 34.2 Å². The Morgan fingerprint density at radius 2 is 1.96 bits per heavy atom. The number of hydrazone groups is 1. The second-order valence-corrected chi connectivity index (χ2v) is 7.28. The molecule has 1 N–H and O–H groups in total. The van der Waals surface area contributed by atoms with Gasteiger partial charge in [0, 0.05) is 52.7 Å². The number of carbonyl (C=O) groups is 1. The molecule has 28 heavy (non-hydrogen) atoms. The van der Waals surface area contributed by atoms with E-state index in [0.717, 1.165) is 62.5 Å². The van der Waals surface area contributed by atoms with Gasteiger partial charge in [0.05, 0.1) is 18.5 Å². The Kier molecular flexibility index (Phi) is 7.00. The topological polar surface area (TPSA) is 81.0 Å². The Balaban J connectivity index is 1.45. The first-order valence-corrected chi connectivity index (χ1v) is 9.78. The van der Waals surface area contributed by atoms with E-state index in [9.17, 15) is 4.79 Å². The molecule has 0 radical (unpaired) electrons. The first kappa shape index (κ1) is 20.3. The number of aliphatic carboxylic acids is 1. The third-order valence-electron chi connectivity index (χ3n) is 5.12. The summed E-state index contributed by atoms with van der Waals surface area (Å²) in [5, 5.41) is 19.4. The standard InChI is InChI=1S/C20H29N5O3/c1-3-23(2)21-13-16-4-6-17(7-5-16)19-12-18(28-22-19)14-24-8-10-25(11-9-24)15-20(26)27/h4-7,13,18H,3,8-12,14-15H2,1-2H3,(H,26,27). The van der Waals surface area contributed by atoms with Crippen molar-refractivity contribution >= 4 is 17.9 Å². The van der Waals surface area contributed by atoms with Crippen LogP contribution in [0.15, 0.2) is 34.5 Å². The molecule has 2 heterocycles. The van der Waals surface area contributed by atoms with Gasteiger partial charge in [0.15, 0.2) is 0 Å². The average Bonchev–Trinajstić information content (AvgIpc) is 3.16. The lowest BCUT2D eigenvalue weighted by Crippen LogP contribution is -2.49. The van der Waals surface area contributed by atoms with Crippen molar-refractivity contribution in [2.24, 2.45) is 10.3 Å². The number of carboxylic acid groups (broad SMARTS) is 1. The van der Waals surface area contributed by atoms with E-state index < -0.39 is 5.97 Å². The summed E-state index contributed by atoms with van der Waals surface area (Å²) in [5.41, 5.74) is 3.11. The fourth-order valence-corrected chi connectivity index (χ4v) is 3.31. The minimum Gasteiger partial charge on any atom is -0.480 e. The number of benzene rings is 1. The Morgan fingerprint density at radius 1 is 1.29 bits per heavy atom. The molecular formula is C20H29N5O3. The second kappa shape index (κ2) is 9.66. The maximum Gasteiger partial charge on any atom is 0.317 e. The lowest BCUT2D eigenvalue weighted by molar-refractivity contribution is -0.138. The van der Waals surface area contributed by atoms with Gasteiger partial charge in [-0.3, -0.25) is 14.6 Å². The van der Waals surface area contributed by atoms with E-state index in [0.29, 0.717) is 0 Å². The van der Waals surface area contributed by atoms with Crippen LogP contribution < -0.4 is 0 Å². The molecule has 0 saturated carbocycles. The smallest absolute Gasteiger partial charge is 0.317 e. The fraction of sp³-hybridized carbons (Fsp3) is 0.550. The van der Waals surface area contributed by atoms with Gasteiger partial charge >= 0.3 is 5.97 Å². The van der Waals surface area contributed by atoms with Crippen LogP contribution in [0.4, 0.5) is 0 Å². The highest BCUT2D eigenvalue weighted by Gasteiger charge is 2.26. The van der Waals surface area contributed by atoms with Crippen LogP contribution in [-0.4, -0.2) is 96.8 Å². The summed E-state index contributed by atoms with van der Waals surface area (Å²) in [6, 6.07) is 8.20. The monoisotopic (exact) mass is 387 g/mol. The maximum atomic E-state index is 10.8. The van der Waals surface area contributed by atoms with E-state index >= 15 is 0 Å². The predicted molar refractivity (Wildman–Crippen MR) is 109 cm³/mol. The van der Waals surface area contributed by atoms with Gasteiger partial charge in [-0.15, -0.1) is 0 Å². The van der Waals surface area contributed by atoms with Gasteiger partial charge in [-0.05, 0) is 18.1 Å². The molecule has 0 spiro atoms. The largest absolute Gasteiger partial charge is 0.480 e. The number of oxime groups is 1. The Bertz CT molecular complexity index is 711. The zero-order valence-electron chi connectivity index (χ0n) is 16.6. The van der Waals surface area contributed by atoms with Crippen molar-refractivity contribution in [1.29, 1.82) is 0 Å². The Labute approximate surface area is 166 Å². The van der Waals surface area contributed by atoms with Crippen LogP contribution in [0.25, 0.3) is 0 Å². The van der Waals surface area contributed by atoms with E-state index in [4.69, 9.17) is 9.94 Å². The molecule has 1 atom stereocenters. The molecule has 2 aliphatic heterocycles. The number of nitrogens with zero attached hydrogens (tertiary/aromatic N) is 5. The van der Waals surface area contributed by atoms with Gasteiger partial charge in [0.1, 0.15) is 6.10 Å². The van der Waals surface area contributed by atoms with Crippen molar-refractivity contribution in [1.82, 2.24) is 14.8 Å². The molecule has 8 heteroatoms. The fourth-order valence-electron chi connectivity index (χ4n) is 3.31. The quantitative estimate of drug-likeness (QED) is 0.533. The maximum absolute atomic E-state index is 10.8. The average molecular weight is 387 g/mol. The Hall–Kier alpha value is -2.45. The molecule has 1 aromatic carbocycles. The van der Waals surface area contributed by atoms with Crippen LogP contribution in [0, 0.1) is 0 Å². The molecule has 2 aliphatic rings. The summed E-state index contributed by atoms with van der Waals surface area (Å²) in [7, 11) is 1.95. The minimum absolute atomic E-state index is 0.0560. The zero-order valence-corrected chi connectivity index (χ0v) is 16.6. The van der Waals surface area contributed by atoms with Crippen molar-refractivity contribution in [2.75, 3.05) is 52.9 Å². The number of piperazine rings is 1. The van der Waals surface area contributed by atoms with Gasteiger partial charge < -0.3 is 15.0 Å². The number of hydrogen-bond donors (Lipinski definition) is 1. The van der Waals surface area contributed by atoms with Crippen molar-refractivity contribution in [2.45, 2.75) is 19.4 Å². The van der Waals surface area contributed by atoms with E-state index in [1.807, 2.05) is 35.3 Å². The van der Waals surface area contributed by atoms with Crippen molar-refractivity contribution in [3.63, 3.8) is 0 Å².